The number of aryl methyl sites for hydroxylation is 2. The van der Waals surface area contributed by atoms with Gasteiger partial charge in [-0.25, -0.2) is 10.2 Å². The lowest BCUT2D eigenvalue weighted by Gasteiger charge is -2.10. The van der Waals surface area contributed by atoms with Crippen molar-refractivity contribution in [1.82, 2.24) is 14.6 Å². The molecule has 3 aromatic heterocycles. The Morgan fingerprint density at radius 1 is 1.03 bits per heavy atom. The van der Waals surface area contributed by atoms with E-state index >= 15 is 0 Å². The number of carbonyl (C=O) groups is 2. The number of para-hydroxylation sites is 1. The van der Waals surface area contributed by atoms with Gasteiger partial charge in [-0.1, -0.05) is 18.2 Å². The molecular formula is C30H28N4O5. The Morgan fingerprint density at radius 2 is 1.74 bits per heavy atom. The summed E-state index contributed by atoms with van der Waals surface area (Å²) in [5, 5.41) is 14.3. The number of aromatic nitrogens is 2. The summed E-state index contributed by atoms with van der Waals surface area (Å²) in [5.41, 5.74) is 7.28. The van der Waals surface area contributed by atoms with Gasteiger partial charge < -0.3 is 23.4 Å². The van der Waals surface area contributed by atoms with Crippen molar-refractivity contribution in [3.8, 4) is 11.4 Å². The number of benzene rings is 2. The Balaban J connectivity index is 1.20. The highest BCUT2D eigenvalue weighted by Crippen LogP contribution is 2.24. The number of carboxylic acid groups (broad SMARTS) is 1. The van der Waals surface area contributed by atoms with E-state index in [4.69, 9.17) is 9.15 Å². The number of nitrogens with one attached hydrogen (secondary N) is 1. The largest absolute Gasteiger partial charge is 0.486 e. The Morgan fingerprint density at radius 3 is 2.46 bits per heavy atom. The van der Waals surface area contributed by atoms with E-state index in [0.717, 1.165) is 28.0 Å². The van der Waals surface area contributed by atoms with Gasteiger partial charge >= 0.3 is 11.9 Å². The minimum absolute atomic E-state index is 0.0987. The molecule has 0 bridgehead atoms. The number of carboxylic acids is 1. The predicted octanol–water partition coefficient (Wildman–Crippen LogP) is 5.63. The Hall–Kier alpha value is -5.05. The van der Waals surface area contributed by atoms with Gasteiger partial charge in [-0.15, -0.1) is 0 Å². The molecule has 0 unspecified atom stereocenters. The van der Waals surface area contributed by atoms with Gasteiger partial charge in [-0.3, -0.25) is 4.79 Å². The maximum Gasteiger partial charge on any atom is 0.326 e. The smallest absolute Gasteiger partial charge is 0.326 e. The van der Waals surface area contributed by atoms with E-state index in [0.29, 0.717) is 17.1 Å². The van der Waals surface area contributed by atoms with Crippen LogP contribution < -0.4 is 10.2 Å². The number of hydrogen-bond donors (Lipinski definition) is 2. The number of hydrogen-bond acceptors (Lipinski definition) is 5. The van der Waals surface area contributed by atoms with Gasteiger partial charge in [0.1, 0.15) is 24.2 Å². The zero-order valence-electron chi connectivity index (χ0n) is 21.8. The van der Waals surface area contributed by atoms with Crippen LogP contribution in [0.5, 0.6) is 5.75 Å². The van der Waals surface area contributed by atoms with Crippen molar-refractivity contribution in [3.05, 3.63) is 107 Å². The van der Waals surface area contributed by atoms with Crippen LogP contribution >= 0.6 is 0 Å². The molecule has 9 nitrogen and oxygen atoms in total. The Bertz CT molecular complexity index is 1650. The zero-order valence-corrected chi connectivity index (χ0v) is 21.8. The molecule has 0 aliphatic rings. The molecule has 9 heteroatoms. The van der Waals surface area contributed by atoms with E-state index in [1.54, 1.807) is 29.8 Å². The van der Waals surface area contributed by atoms with Crippen LogP contribution in [0.15, 0.2) is 88.5 Å². The maximum absolute atomic E-state index is 12.5. The lowest BCUT2D eigenvalue weighted by Crippen LogP contribution is -2.16. The zero-order chi connectivity index (χ0) is 27.5. The molecule has 0 radical (unpaired) electrons. The highest BCUT2D eigenvalue weighted by atomic mass is 16.5. The number of rotatable bonds is 9. The number of fused-ring (bicyclic) bond motifs is 1. The van der Waals surface area contributed by atoms with Crippen LogP contribution in [0.2, 0.25) is 0 Å². The molecule has 5 rings (SSSR count). The molecule has 5 aromatic rings. The summed E-state index contributed by atoms with van der Waals surface area (Å²) in [6.45, 7) is 5.90. The molecule has 0 aliphatic heterocycles. The van der Waals surface area contributed by atoms with Crippen LogP contribution in [0.3, 0.4) is 0 Å². The molecule has 1 atom stereocenters. The average Bonchev–Trinajstić information content (AvgIpc) is 3.65. The molecule has 1 amide bonds. The second-order valence-corrected chi connectivity index (χ2v) is 9.22. The third-order valence-corrected chi connectivity index (χ3v) is 6.55. The molecule has 0 fully saturated rings. The maximum atomic E-state index is 12.5. The van der Waals surface area contributed by atoms with Crippen LogP contribution in [0.25, 0.3) is 16.6 Å². The van der Waals surface area contributed by atoms with Crippen molar-refractivity contribution in [2.75, 3.05) is 0 Å². The summed E-state index contributed by atoms with van der Waals surface area (Å²) in [4.78, 5) is 24.0. The van der Waals surface area contributed by atoms with E-state index in [1.165, 1.54) is 6.21 Å². The van der Waals surface area contributed by atoms with Crippen molar-refractivity contribution in [3.63, 3.8) is 0 Å². The molecule has 2 aromatic carbocycles. The van der Waals surface area contributed by atoms with Crippen LogP contribution in [-0.4, -0.2) is 32.3 Å². The second-order valence-electron chi connectivity index (χ2n) is 9.22. The molecule has 198 valence electrons. The summed E-state index contributed by atoms with van der Waals surface area (Å²) in [6, 6.07) is 21.9. The van der Waals surface area contributed by atoms with Gasteiger partial charge in [0.2, 0.25) is 0 Å². The highest BCUT2D eigenvalue weighted by Gasteiger charge is 2.17. The number of carbonyl (C=O) groups excluding carboxylic acids is 1. The number of hydrazone groups is 1. The second kappa shape index (κ2) is 10.7. The minimum atomic E-state index is -0.940. The normalized spacial score (nSPS) is 12.2. The fraction of sp³-hybridized carbons (Fsp3) is 0.167. The number of ether oxygens (including phenoxy) is 1. The molecule has 39 heavy (non-hydrogen) atoms. The Labute approximate surface area is 224 Å². The molecule has 0 saturated heterocycles. The molecule has 0 aliphatic carbocycles. The minimum Gasteiger partial charge on any atom is -0.486 e. The monoisotopic (exact) mass is 524 g/mol. The van der Waals surface area contributed by atoms with Gasteiger partial charge in [-0.05, 0) is 75.4 Å². The fourth-order valence-electron chi connectivity index (χ4n) is 4.49. The summed E-state index contributed by atoms with van der Waals surface area (Å²) in [6.07, 6.45) is 3.19. The quantitative estimate of drug-likeness (QED) is 0.192. The van der Waals surface area contributed by atoms with E-state index in [-0.39, 0.29) is 12.4 Å². The third kappa shape index (κ3) is 5.33. The first-order valence-electron chi connectivity index (χ1n) is 12.4. The standard InChI is InChI=1S/C30H28N4O5/c1-19-8-9-20(2)34(19)23-10-12-24(13-11-23)38-18-25-14-15-28(39-25)29(35)32-31-16-22-17-33(21(3)30(36)37)27-7-5-4-6-26(22)27/h4-17,21H,18H2,1-3H3,(H,32,35)(H,36,37)/b31-16+/t21-/m0/s1. The molecule has 3 heterocycles. The lowest BCUT2D eigenvalue weighted by atomic mass is 10.2. The number of furan rings is 1. The van der Waals surface area contributed by atoms with E-state index < -0.39 is 17.9 Å². The molecular weight excluding hydrogens is 496 g/mol. The summed E-state index contributed by atoms with van der Waals surface area (Å²) < 4.78 is 15.3. The number of amides is 1. The van der Waals surface area contributed by atoms with Crippen LogP contribution in [0, 0.1) is 13.8 Å². The van der Waals surface area contributed by atoms with Gasteiger partial charge in [0, 0.05) is 39.7 Å². The van der Waals surface area contributed by atoms with Gasteiger partial charge in [0.05, 0.1) is 6.21 Å². The first kappa shape index (κ1) is 25.6. The van der Waals surface area contributed by atoms with Crippen molar-refractivity contribution in [1.29, 1.82) is 0 Å². The summed E-state index contributed by atoms with van der Waals surface area (Å²) in [7, 11) is 0. The predicted molar refractivity (Wildman–Crippen MR) is 148 cm³/mol. The van der Waals surface area contributed by atoms with Gasteiger partial charge in [0.15, 0.2) is 5.76 Å². The van der Waals surface area contributed by atoms with Crippen LogP contribution in [0.1, 0.15) is 46.2 Å². The third-order valence-electron chi connectivity index (χ3n) is 6.55. The van der Waals surface area contributed by atoms with Gasteiger partial charge in [-0.2, -0.15) is 5.10 Å². The summed E-state index contributed by atoms with van der Waals surface area (Å²) >= 11 is 0. The lowest BCUT2D eigenvalue weighted by molar-refractivity contribution is -0.140. The van der Waals surface area contributed by atoms with E-state index in [9.17, 15) is 14.7 Å². The molecule has 2 N–H and O–H groups in total. The van der Waals surface area contributed by atoms with E-state index in [2.05, 4.69) is 41.1 Å². The fourth-order valence-corrected chi connectivity index (χ4v) is 4.49. The van der Waals surface area contributed by atoms with Crippen molar-refractivity contribution in [2.45, 2.75) is 33.4 Å². The van der Waals surface area contributed by atoms with Crippen LogP contribution in [-0.2, 0) is 11.4 Å². The van der Waals surface area contributed by atoms with E-state index in [1.807, 2.05) is 48.5 Å². The topological polar surface area (TPSA) is 111 Å². The van der Waals surface area contributed by atoms with Crippen molar-refractivity contribution >= 4 is 29.0 Å². The number of nitrogens with zero attached hydrogens (tertiary/aromatic N) is 3. The highest BCUT2D eigenvalue weighted by molar-refractivity contribution is 6.00. The van der Waals surface area contributed by atoms with Gasteiger partial charge in [0.25, 0.3) is 0 Å². The first-order chi connectivity index (χ1) is 18.8. The van der Waals surface area contributed by atoms with Crippen molar-refractivity contribution < 1.29 is 23.8 Å². The molecule has 0 saturated carbocycles. The van der Waals surface area contributed by atoms with Crippen molar-refractivity contribution in [2.24, 2.45) is 5.10 Å². The number of aliphatic carboxylic acids is 1. The Kier molecular flexibility index (Phi) is 7.05. The first-order valence-corrected chi connectivity index (χ1v) is 12.4. The summed E-state index contributed by atoms with van der Waals surface area (Å²) in [5.74, 6) is -0.173. The average molecular weight is 525 g/mol. The SMILES string of the molecule is Cc1ccc(C)n1-c1ccc(OCc2ccc(C(=O)N/N=C/c3cn([C@@H](C)C(=O)O)c4ccccc34)o2)cc1. The van der Waals surface area contributed by atoms with Crippen LogP contribution in [0.4, 0.5) is 0 Å². The molecule has 0 spiro atoms.